The summed E-state index contributed by atoms with van der Waals surface area (Å²) in [6, 6.07) is 17.8. The van der Waals surface area contributed by atoms with Gasteiger partial charge in [-0.3, -0.25) is 14.2 Å². The summed E-state index contributed by atoms with van der Waals surface area (Å²) in [7, 11) is 5.43. The predicted octanol–water partition coefficient (Wildman–Crippen LogP) is 3.62. The van der Waals surface area contributed by atoms with Gasteiger partial charge in [0.1, 0.15) is 5.82 Å². The molecule has 0 saturated carbocycles. The predicted molar refractivity (Wildman–Crippen MR) is 116 cm³/mol. The molecule has 0 saturated heterocycles. The summed E-state index contributed by atoms with van der Waals surface area (Å²) in [6.07, 6.45) is 1.69. The minimum atomic E-state index is -0.347. The fourth-order valence-electron chi connectivity index (χ4n) is 3.47. The fraction of sp³-hybridized carbons (Fsp3) is 0.174. The Balaban J connectivity index is 1.78. The highest BCUT2D eigenvalue weighted by Gasteiger charge is 2.21. The molecule has 0 N–H and O–H groups in total. The smallest absolute Gasteiger partial charge is 0.274 e. The van der Waals surface area contributed by atoms with Gasteiger partial charge in [0.2, 0.25) is 5.95 Å². The first-order valence-electron chi connectivity index (χ1n) is 9.56. The van der Waals surface area contributed by atoms with E-state index >= 15 is 0 Å². The molecule has 0 spiro atoms. The van der Waals surface area contributed by atoms with Crippen LogP contribution in [0.4, 0.5) is 10.3 Å². The van der Waals surface area contributed by atoms with E-state index in [9.17, 15) is 9.18 Å². The van der Waals surface area contributed by atoms with E-state index in [-0.39, 0.29) is 11.4 Å². The first kappa shape index (κ1) is 19.6. The molecule has 4 rings (SSSR count). The first-order valence-corrected chi connectivity index (χ1v) is 9.56. The molecule has 0 bridgehead atoms. The normalized spacial score (nSPS) is 10.9. The van der Waals surface area contributed by atoms with Gasteiger partial charge in [0.05, 0.1) is 17.0 Å². The highest BCUT2D eigenvalue weighted by molar-refractivity contribution is 5.79. The van der Waals surface area contributed by atoms with Gasteiger partial charge in [-0.2, -0.15) is 0 Å². The van der Waals surface area contributed by atoms with Gasteiger partial charge in [-0.15, -0.1) is 0 Å². The number of hydrogen-bond acceptors (Lipinski definition) is 4. The summed E-state index contributed by atoms with van der Waals surface area (Å²) in [5.41, 5.74) is 3.39. The van der Waals surface area contributed by atoms with Crippen LogP contribution in [-0.2, 0) is 20.6 Å². The number of benzene rings is 2. The van der Waals surface area contributed by atoms with E-state index in [0.717, 1.165) is 5.56 Å². The van der Waals surface area contributed by atoms with Crippen molar-refractivity contribution >= 4 is 5.95 Å². The molecule has 0 aliphatic heterocycles. The van der Waals surface area contributed by atoms with Crippen LogP contribution in [0.25, 0.3) is 22.5 Å². The zero-order valence-electron chi connectivity index (χ0n) is 17.1. The zero-order chi connectivity index (χ0) is 21.3. The summed E-state index contributed by atoms with van der Waals surface area (Å²) in [5.74, 6) is 0.206. The number of anilines is 1. The fourth-order valence-corrected chi connectivity index (χ4v) is 3.47. The van der Waals surface area contributed by atoms with Gasteiger partial charge in [0, 0.05) is 33.9 Å². The average Bonchev–Trinajstić information content (AvgIpc) is 2.99. The van der Waals surface area contributed by atoms with Crippen LogP contribution in [-0.4, -0.2) is 26.4 Å². The van der Waals surface area contributed by atoms with E-state index in [2.05, 4.69) is 4.98 Å². The van der Waals surface area contributed by atoms with Gasteiger partial charge in [-0.1, -0.05) is 42.5 Å². The van der Waals surface area contributed by atoms with Crippen LogP contribution in [0.2, 0.25) is 0 Å². The van der Waals surface area contributed by atoms with E-state index in [1.165, 1.54) is 16.8 Å². The van der Waals surface area contributed by atoms with Crippen molar-refractivity contribution in [3.05, 3.63) is 88.6 Å². The summed E-state index contributed by atoms with van der Waals surface area (Å²) in [6.45, 7) is 0.656. The quantitative estimate of drug-likeness (QED) is 0.511. The molecule has 30 heavy (non-hydrogen) atoms. The Labute approximate surface area is 173 Å². The lowest BCUT2D eigenvalue weighted by Crippen LogP contribution is -2.19. The molecule has 6 nitrogen and oxygen atoms in total. The maximum absolute atomic E-state index is 13.4. The molecule has 7 heteroatoms. The average molecular weight is 403 g/mol. The molecule has 0 unspecified atom stereocenters. The van der Waals surface area contributed by atoms with Crippen LogP contribution in [0.15, 0.2) is 71.7 Å². The first-order chi connectivity index (χ1) is 14.5. The van der Waals surface area contributed by atoms with Crippen molar-refractivity contribution in [1.82, 2.24) is 19.3 Å². The minimum Gasteiger partial charge on any atom is -0.340 e. The molecule has 2 heterocycles. The van der Waals surface area contributed by atoms with Crippen LogP contribution in [0.1, 0.15) is 5.56 Å². The summed E-state index contributed by atoms with van der Waals surface area (Å²) in [5, 5.41) is 0. The second-order valence-corrected chi connectivity index (χ2v) is 7.17. The maximum Gasteiger partial charge on any atom is 0.274 e. The van der Waals surface area contributed by atoms with Crippen LogP contribution >= 0.6 is 0 Å². The van der Waals surface area contributed by atoms with Crippen LogP contribution < -0.4 is 10.5 Å². The van der Waals surface area contributed by atoms with Crippen LogP contribution in [0, 0.1) is 5.82 Å². The van der Waals surface area contributed by atoms with Crippen molar-refractivity contribution in [2.24, 2.45) is 14.1 Å². The molecule has 0 aliphatic carbocycles. The van der Waals surface area contributed by atoms with Crippen molar-refractivity contribution in [2.45, 2.75) is 6.54 Å². The number of hydrogen-bond donors (Lipinski definition) is 0. The van der Waals surface area contributed by atoms with E-state index in [0.29, 0.717) is 35.0 Å². The summed E-state index contributed by atoms with van der Waals surface area (Å²) in [4.78, 5) is 24.0. The second kappa shape index (κ2) is 7.94. The third kappa shape index (κ3) is 3.61. The highest BCUT2D eigenvalue weighted by Crippen LogP contribution is 2.29. The number of nitrogens with zero attached hydrogens (tertiary/aromatic N) is 5. The molecule has 152 valence electrons. The lowest BCUT2D eigenvalue weighted by molar-refractivity contribution is 0.583. The van der Waals surface area contributed by atoms with Crippen molar-refractivity contribution in [1.29, 1.82) is 0 Å². The van der Waals surface area contributed by atoms with Gasteiger partial charge < -0.3 is 4.90 Å². The van der Waals surface area contributed by atoms with E-state index in [1.54, 1.807) is 43.2 Å². The largest absolute Gasteiger partial charge is 0.340 e. The Hall–Kier alpha value is -3.74. The molecule has 2 aromatic carbocycles. The van der Waals surface area contributed by atoms with E-state index < -0.39 is 0 Å². The Kier molecular flexibility index (Phi) is 5.18. The van der Waals surface area contributed by atoms with Crippen molar-refractivity contribution < 1.29 is 4.39 Å². The van der Waals surface area contributed by atoms with Crippen LogP contribution in [0.3, 0.4) is 0 Å². The molecular weight excluding hydrogens is 381 g/mol. The van der Waals surface area contributed by atoms with Gasteiger partial charge in [0.15, 0.2) is 0 Å². The number of halogens is 1. The van der Waals surface area contributed by atoms with Gasteiger partial charge in [-0.25, -0.2) is 14.4 Å². The van der Waals surface area contributed by atoms with E-state index in [1.807, 2.05) is 42.3 Å². The summed E-state index contributed by atoms with van der Waals surface area (Å²) < 4.78 is 16.7. The minimum absolute atomic E-state index is 0.170. The number of aromatic nitrogens is 4. The lowest BCUT2D eigenvalue weighted by atomic mass is 10.0. The Morgan fingerprint density at radius 3 is 2.37 bits per heavy atom. The van der Waals surface area contributed by atoms with Crippen molar-refractivity contribution in [2.75, 3.05) is 11.9 Å². The topological polar surface area (TPSA) is 56.0 Å². The van der Waals surface area contributed by atoms with E-state index in [4.69, 9.17) is 4.98 Å². The molecule has 0 radical (unpaired) electrons. The maximum atomic E-state index is 13.4. The zero-order valence-corrected chi connectivity index (χ0v) is 17.1. The molecule has 0 atom stereocenters. The Morgan fingerprint density at radius 1 is 0.967 bits per heavy atom. The molecule has 0 aliphatic rings. The third-order valence-corrected chi connectivity index (χ3v) is 5.14. The summed E-state index contributed by atoms with van der Waals surface area (Å²) >= 11 is 0. The molecule has 0 fully saturated rings. The Bertz CT molecular complexity index is 1230. The monoisotopic (exact) mass is 403 g/mol. The SMILES string of the molecule is CN(Cc1ccccc1)c1nccc(-c2c(-c3ccc(F)cc3)c(=O)n(C)n2C)n1. The lowest BCUT2D eigenvalue weighted by Gasteiger charge is -2.18. The van der Waals surface area contributed by atoms with Crippen molar-refractivity contribution in [3.8, 4) is 22.5 Å². The second-order valence-electron chi connectivity index (χ2n) is 7.17. The standard InChI is InChI=1S/C23H22FN5O/c1-27(15-16-7-5-4-6-8-16)23-25-14-13-19(26-23)21-20(22(30)29(3)28(21)2)17-9-11-18(24)12-10-17/h4-14H,15H2,1-3H3. The van der Waals surface area contributed by atoms with Gasteiger partial charge in [0.25, 0.3) is 5.56 Å². The van der Waals surface area contributed by atoms with Crippen molar-refractivity contribution in [3.63, 3.8) is 0 Å². The third-order valence-electron chi connectivity index (χ3n) is 5.14. The highest BCUT2D eigenvalue weighted by atomic mass is 19.1. The van der Waals surface area contributed by atoms with Gasteiger partial charge >= 0.3 is 0 Å². The number of rotatable bonds is 5. The molecule has 4 aromatic rings. The molecular formula is C23H22FN5O. The molecule has 2 aromatic heterocycles. The van der Waals surface area contributed by atoms with Crippen LogP contribution in [0.5, 0.6) is 0 Å². The Morgan fingerprint density at radius 2 is 1.67 bits per heavy atom. The van der Waals surface area contributed by atoms with Gasteiger partial charge in [-0.05, 0) is 29.3 Å². The molecule has 0 amide bonds.